The lowest BCUT2D eigenvalue weighted by atomic mass is 10.0. The van der Waals surface area contributed by atoms with Crippen LogP contribution in [0.4, 0.5) is 0 Å². The predicted molar refractivity (Wildman–Crippen MR) is 147 cm³/mol. The molecule has 9 heteroatoms. The minimum absolute atomic E-state index is 0.0436. The topological polar surface area (TPSA) is 76.8 Å². The van der Waals surface area contributed by atoms with E-state index in [1.807, 2.05) is 61.5 Å². The fourth-order valence-electron chi connectivity index (χ4n) is 3.77. The summed E-state index contributed by atoms with van der Waals surface area (Å²) in [5, 5.41) is 0. The molecule has 1 fully saturated rings. The van der Waals surface area contributed by atoms with Crippen molar-refractivity contribution < 1.29 is 18.7 Å². The summed E-state index contributed by atoms with van der Waals surface area (Å²) in [5.41, 5.74) is 3.83. The van der Waals surface area contributed by atoms with E-state index in [1.165, 1.54) is 16.7 Å². The van der Waals surface area contributed by atoms with Crippen LogP contribution in [0.1, 0.15) is 17.5 Å². The Bertz CT molecular complexity index is 1570. The molecule has 2 heterocycles. The molecule has 0 atom stereocenters. The van der Waals surface area contributed by atoms with E-state index < -0.39 is 10.9 Å². The monoisotopic (exact) mass is 533 g/mol. The highest BCUT2D eigenvalue weighted by Gasteiger charge is 2.32. The number of hydrogen-bond acceptors (Lipinski definition) is 8. The number of aryl methyl sites for hydroxylation is 1. The van der Waals surface area contributed by atoms with Crippen LogP contribution >= 0.6 is 35.3 Å². The number of nitrogens with zero attached hydrogens (tertiary/aromatic N) is 1. The molecular weight excluding hydrogens is 515 g/mol. The van der Waals surface area contributed by atoms with Gasteiger partial charge in [-0.3, -0.25) is 14.5 Å². The van der Waals surface area contributed by atoms with Crippen molar-refractivity contribution in [2.75, 3.05) is 6.54 Å². The van der Waals surface area contributed by atoms with E-state index in [-0.39, 0.29) is 18.9 Å². The Kier molecular flexibility index (Phi) is 6.86. The number of ether oxygens (including phenoxy) is 1. The molecule has 5 rings (SSSR count). The molecular formula is C27H19NO5S3. The van der Waals surface area contributed by atoms with Gasteiger partial charge in [-0.1, -0.05) is 95.5 Å². The van der Waals surface area contributed by atoms with E-state index in [0.29, 0.717) is 30.8 Å². The van der Waals surface area contributed by atoms with E-state index in [0.717, 1.165) is 28.0 Å². The lowest BCUT2D eigenvalue weighted by Crippen LogP contribution is -2.31. The van der Waals surface area contributed by atoms with Gasteiger partial charge in [-0.15, -0.1) is 0 Å². The summed E-state index contributed by atoms with van der Waals surface area (Å²) in [4.78, 5) is 39.1. The summed E-state index contributed by atoms with van der Waals surface area (Å²) in [6.07, 6.45) is 1.75. The van der Waals surface area contributed by atoms with Crippen molar-refractivity contribution >= 4 is 67.9 Å². The zero-order chi connectivity index (χ0) is 25.2. The minimum atomic E-state index is -0.514. The highest BCUT2D eigenvalue weighted by atomic mass is 32.2. The van der Waals surface area contributed by atoms with Crippen LogP contribution in [-0.4, -0.2) is 27.6 Å². The van der Waals surface area contributed by atoms with E-state index >= 15 is 0 Å². The van der Waals surface area contributed by atoms with Crippen LogP contribution in [-0.2, 0) is 9.59 Å². The van der Waals surface area contributed by atoms with Crippen molar-refractivity contribution in [1.29, 1.82) is 0 Å². The van der Waals surface area contributed by atoms with Crippen molar-refractivity contribution in [3.05, 3.63) is 92.5 Å². The molecule has 1 amide bonds. The summed E-state index contributed by atoms with van der Waals surface area (Å²) >= 11 is 7.56. The first-order chi connectivity index (χ1) is 17.4. The Morgan fingerprint density at radius 3 is 2.56 bits per heavy atom. The van der Waals surface area contributed by atoms with Gasteiger partial charge in [0, 0.05) is 12.1 Å². The van der Waals surface area contributed by atoms with Gasteiger partial charge in [0.2, 0.25) is 0 Å². The summed E-state index contributed by atoms with van der Waals surface area (Å²) < 4.78 is 12.0. The third-order valence-electron chi connectivity index (χ3n) is 5.54. The number of rotatable bonds is 6. The van der Waals surface area contributed by atoms with Crippen LogP contribution < -0.4 is 9.68 Å². The smallest absolute Gasteiger partial charge is 0.396 e. The second kappa shape index (κ2) is 10.2. The normalized spacial score (nSPS) is 14.7. The molecule has 0 bridgehead atoms. The molecule has 6 nitrogen and oxygen atoms in total. The van der Waals surface area contributed by atoms with Gasteiger partial charge in [0.05, 0.1) is 16.0 Å². The maximum Gasteiger partial charge on any atom is 0.396 e. The Hall–Kier alpha value is -3.53. The number of amides is 1. The number of benzene rings is 3. The molecule has 0 N–H and O–H groups in total. The highest BCUT2D eigenvalue weighted by molar-refractivity contribution is 8.26. The Labute approximate surface area is 220 Å². The standard InChI is InChI=1S/C27H19NO5S3/c1-16-7-9-18(10-8-16)23-19(11-12-20-24(23)36-27(31)33-20)32-22(29)13-14-28-25(30)21(35-26(28)34)15-17-5-3-2-4-6-17/h2-12,15H,13-14H2,1H3/b21-15+. The molecule has 0 spiro atoms. The zero-order valence-electron chi connectivity index (χ0n) is 19.1. The van der Waals surface area contributed by atoms with E-state index in [4.69, 9.17) is 21.4 Å². The molecule has 0 radical (unpaired) electrons. The molecule has 0 saturated carbocycles. The fourth-order valence-corrected chi connectivity index (χ4v) is 5.91. The molecule has 36 heavy (non-hydrogen) atoms. The van der Waals surface area contributed by atoms with Crippen LogP contribution in [0.3, 0.4) is 0 Å². The number of thiocarbonyl (C=S) groups is 1. The van der Waals surface area contributed by atoms with Gasteiger partial charge in [-0.25, -0.2) is 4.79 Å². The average molecular weight is 534 g/mol. The van der Waals surface area contributed by atoms with Gasteiger partial charge in [0.15, 0.2) is 0 Å². The van der Waals surface area contributed by atoms with Gasteiger partial charge in [0.25, 0.3) is 5.91 Å². The zero-order valence-corrected chi connectivity index (χ0v) is 21.5. The molecule has 1 aromatic heterocycles. The lowest BCUT2D eigenvalue weighted by molar-refractivity contribution is -0.134. The lowest BCUT2D eigenvalue weighted by Gasteiger charge is -2.15. The van der Waals surface area contributed by atoms with Crippen molar-refractivity contribution in [1.82, 2.24) is 4.90 Å². The van der Waals surface area contributed by atoms with Crippen LogP contribution in [0.15, 0.2) is 80.8 Å². The Morgan fingerprint density at radius 2 is 1.81 bits per heavy atom. The minimum Gasteiger partial charge on any atom is -0.426 e. The SMILES string of the molecule is Cc1ccc(-c2c(OC(=O)CCN3C(=O)/C(=C\c4ccccc4)SC3=S)ccc3oc(=O)sc23)cc1. The van der Waals surface area contributed by atoms with Gasteiger partial charge in [0.1, 0.15) is 15.7 Å². The summed E-state index contributed by atoms with van der Waals surface area (Å²) in [6, 6.07) is 20.4. The third kappa shape index (κ3) is 5.04. The molecule has 1 saturated heterocycles. The maximum atomic E-state index is 12.9. The fraction of sp³-hybridized carbons (Fsp3) is 0.111. The summed E-state index contributed by atoms with van der Waals surface area (Å²) in [5.74, 6) is -0.422. The third-order valence-corrected chi connectivity index (χ3v) is 7.77. The first-order valence-corrected chi connectivity index (χ1v) is 13.1. The number of carbonyl (C=O) groups is 2. The maximum absolute atomic E-state index is 12.9. The van der Waals surface area contributed by atoms with Crippen molar-refractivity contribution in [2.24, 2.45) is 0 Å². The van der Waals surface area contributed by atoms with Crippen molar-refractivity contribution in [3.63, 3.8) is 0 Å². The van der Waals surface area contributed by atoms with Gasteiger partial charge in [-0.2, -0.15) is 0 Å². The van der Waals surface area contributed by atoms with E-state index in [9.17, 15) is 14.4 Å². The summed E-state index contributed by atoms with van der Waals surface area (Å²) in [6.45, 7) is 2.08. The molecule has 0 aliphatic carbocycles. The number of esters is 1. The number of fused-ring (bicyclic) bond motifs is 1. The molecule has 1 aliphatic rings. The van der Waals surface area contributed by atoms with Crippen molar-refractivity contribution in [2.45, 2.75) is 13.3 Å². The first kappa shape index (κ1) is 24.2. The van der Waals surface area contributed by atoms with Crippen molar-refractivity contribution in [3.8, 4) is 16.9 Å². The molecule has 180 valence electrons. The number of hydrogen-bond donors (Lipinski definition) is 0. The summed E-state index contributed by atoms with van der Waals surface area (Å²) in [7, 11) is 0. The van der Waals surface area contributed by atoms with Gasteiger partial charge >= 0.3 is 10.9 Å². The second-order valence-corrected chi connectivity index (χ2v) is 10.7. The molecule has 1 aliphatic heterocycles. The van der Waals surface area contributed by atoms with Crippen LogP contribution in [0, 0.1) is 6.92 Å². The highest BCUT2D eigenvalue weighted by Crippen LogP contribution is 2.39. The Balaban J connectivity index is 1.34. The van der Waals surface area contributed by atoms with E-state index in [1.54, 1.807) is 18.2 Å². The average Bonchev–Trinajstić information content (AvgIpc) is 3.37. The van der Waals surface area contributed by atoms with Crippen LogP contribution in [0.2, 0.25) is 0 Å². The first-order valence-electron chi connectivity index (χ1n) is 11.0. The molecule has 3 aromatic carbocycles. The van der Waals surface area contributed by atoms with Gasteiger partial charge in [-0.05, 0) is 36.3 Å². The quantitative estimate of drug-likeness (QED) is 0.130. The number of carbonyl (C=O) groups excluding carboxylic acids is 2. The van der Waals surface area contributed by atoms with Gasteiger partial charge < -0.3 is 9.15 Å². The second-order valence-electron chi connectivity index (χ2n) is 8.05. The van der Waals surface area contributed by atoms with E-state index in [2.05, 4.69) is 0 Å². The Morgan fingerprint density at radius 1 is 1.06 bits per heavy atom. The van der Waals surface area contributed by atoms with Crippen LogP contribution in [0.25, 0.3) is 27.5 Å². The molecule has 0 unspecified atom stereocenters. The van der Waals surface area contributed by atoms with Crippen LogP contribution in [0.5, 0.6) is 5.75 Å². The molecule has 4 aromatic rings. The predicted octanol–water partition coefficient (Wildman–Crippen LogP) is 6.03. The number of thioether (sulfide) groups is 1. The largest absolute Gasteiger partial charge is 0.426 e.